The molecule has 0 aromatic heterocycles. The number of benzene rings is 2. The number of carbonyl (C=O) groups excluding carboxylic acids is 1. The zero-order valence-corrected chi connectivity index (χ0v) is 22.2. The van der Waals surface area contributed by atoms with Crippen molar-refractivity contribution < 1.29 is 19.4 Å². The number of rotatable bonds is 3. The van der Waals surface area contributed by atoms with Gasteiger partial charge >= 0.3 is 0 Å². The third kappa shape index (κ3) is 2.37. The number of nitrogens with zero attached hydrogens (tertiary/aromatic N) is 2. The van der Waals surface area contributed by atoms with Crippen molar-refractivity contribution in [1.29, 1.82) is 0 Å². The van der Waals surface area contributed by atoms with Gasteiger partial charge in [0.2, 0.25) is 5.91 Å². The number of carbonyl (C=O) groups is 1. The van der Waals surface area contributed by atoms with Crippen LogP contribution in [0.15, 0.2) is 54.6 Å². The summed E-state index contributed by atoms with van der Waals surface area (Å²) in [5.41, 5.74) is 3.62. The summed E-state index contributed by atoms with van der Waals surface area (Å²) in [6, 6.07) is 12.4. The van der Waals surface area contributed by atoms with Gasteiger partial charge in [-0.2, -0.15) is 0 Å². The number of phenols is 1. The van der Waals surface area contributed by atoms with Crippen LogP contribution in [0.5, 0.6) is 11.5 Å². The van der Waals surface area contributed by atoms with Crippen LogP contribution >= 0.6 is 0 Å². The third-order valence-corrected chi connectivity index (χ3v) is 11.3. The molecule has 6 heteroatoms. The lowest BCUT2D eigenvalue weighted by Gasteiger charge is -2.72. The second kappa shape index (κ2) is 7.30. The van der Waals surface area contributed by atoms with Crippen molar-refractivity contribution in [3.8, 4) is 11.5 Å². The molecule has 196 valence electrons. The van der Waals surface area contributed by atoms with Gasteiger partial charge in [0.05, 0.1) is 5.41 Å². The van der Waals surface area contributed by atoms with Gasteiger partial charge in [0, 0.05) is 49.2 Å². The number of hydrogen-bond donors (Lipinski definition) is 1. The summed E-state index contributed by atoms with van der Waals surface area (Å²) in [5, 5.41) is 10.9. The molecule has 1 amide bonds. The number of piperidine rings is 1. The summed E-state index contributed by atoms with van der Waals surface area (Å²) in [7, 11) is 4.04. The van der Waals surface area contributed by atoms with E-state index >= 15 is 0 Å². The van der Waals surface area contributed by atoms with Gasteiger partial charge in [-0.05, 0) is 68.1 Å². The van der Waals surface area contributed by atoms with Crippen LogP contribution in [-0.4, -0.2) is 72.4 Å². The topological polar surface area (TPSA) is 62.2 Å². The molecule has 3 fully saturated rings. The molecular weight excluding hydrogens is 476 g/mol. The molecule has 1 N–H and O–H groups in total. The van der Waals surface area contributed by atoms with Crippen molar-refractivity contribution in [2.75, 3.05) is 33.8 Å². The molecular formula is C32H34N2O4. The number of amides is 1. The molecule has 3 heterocycles. The Hall–Kier alpha value is -3.09. The van der Waals surface area contributed by atoms with Gasteiger partial charge in [-0.3, -0.25) is 4.79 Å². The van der Waals surface area contributed by atoms with E-state index in [4.69, 9.17) is 9.47 Å². The second-order valence-electron chi connectivity index (χ2n) is 12.3. The highest BCUT2D eigenvalue weighted by Gasteiger charge is 2.82. The van der Waals surface area contributed by atoms with Gasteiger partial charge in [0.25, 0.3) is 0 Å². The van der Waals surface area contributed by atoms with Crippen molar-refractivity contribution in [2.24, 2.45) is 17.3 Å². The average Bonchev–Trinajstić information content (AvgIpc) is 3.54. The second-order valence-corrected chi connectivity index (χ2v) is 12.3. The van der Waals surface area contributed by atoms with Crippen molar-refractivity contribution in [3.05, 3.63) is 76.9 Å². The Morgan fingerprint density at radius 2 is 1.97 bits per heavy atom. The first-order valence-electron chi connectivity index (χ1n) is 13.9. The lowest BCUT2D eigenvalue weighted by atomic mass is 9.34. The molecule has 1 saturated carbocycles. The number of hydrogen-bond acceptors (Lipinski definition) is 5. The minimum Gasteiger partial charge on any atom is -0.504 e. The highest BCUT2D eigenvalue weighted by Crippen LogP contribution is 2.76. The van der Waals surface area contributed by atoms with Crippen LogP contribution in [0.25, 0.3) is 6.08 Å². The van der Waals surface area contributed by atoms with Crippen LogP contribution in [-0.2, 0) is 21.4 Å². The number of aryl methyl sites for hydroxylation is 1. The highest BCUT2D eigenvalue weighted by atomic mass is 16.6. The zero-order chi connectivity index (χ0) is 26.0. The summed E-state index contributed by atoms with van der Waals surface area (Å²) < 4.78 is 13.3. The smallest absolute Gasteiger partial charge is 0.246 e. The Labute approximate surface area is 223 Å². The lowest BCUT2D eigenvalue weighted by molar-refractivity contribution is -0.230. The number of ether oxygens (including phenoxy) is 2. The Balaban J connectivity index is 1.26. The van der Waals surface area contributed by atoms with Crippen LogP contribution in [0.1, 0.15) is 28.7 Å². The van der Waals surface area contributed by atoms with E-state index in [9.17, 15) is 9.90 Å². The van der Waals surface area contributed by atoms with Gasteiger partial charge in [0.1, 0.15) is 11.7 Å². The van der Waals surface area contributed by atoms with Gasteiger partial charge in [-0.25, -0.2) is 0 Å². The maximum atomic E-state index is 13.6. The number of likely N-dealkylation sites (N-methyl/N-ethyl adjacent to an activating group) is 1. The molecule has 4 aliphatic carbocycles. The van der Waals surface area contributed by atoms with E-state index in [-0.39, 0.29) is 40.4 Å². The Bertz CT molecular complexity index is 1450. The molecule has 2 saturated heterocycles. The summed E-state index contributed by atoms with van der Waals surface area (Å²) in [6.45, 7) is 4.40. The minimum atomic E-state index is -0.651. The Morgan fingerprint density at radius 3 is 2.79 bits per heavy atom. The predicted molar refractivity (Wildman–Crippen MR) is 144 cm³/mol. The summed E-state index contributed by atoms with van der Waals surface area (Å²) in [5.74, 6) is 1.32. The largest absolute Gasteiger partial charge is 0.504 e. The summed E-state index contributed by atoms with van der Waals surface area (Å²) in [6.07, 6.45) is 10.1. The maximum Gasteiger partial charge on any atom is 0.246 e. The molecule has 6 nitrogen and oxygen atoms in total. The number of methoxy groups -OCH3 is 1. The van der Waals surface area contributed by atoms with Crippen LogP contribution in [0.2, 0.25) is 0 Å². The van der Waals surface area contributed by atoms with E-state index in [1.165, 1.54) is 11.1 Å². The first kappa shape index (κ1) is 22.9. The third-order valence-electron chi connectivity index (χ3n) is 11.3. The molecule has 7 atom stereocenters. The number of likely N-dealkylation sites (tertiary alicyclic amines) is 2. The SMILES string of the molecule is CO[C@]12C=C[C@@]3([C@@H]4CN(C(=O)/C=C/c5ccccc5C)C[C@@H]41)[C@H]1Cc4ccc(O)c5c4[C@@]3(CCN1C)[C@H]2O5. The molecule has 4 bridgehead atoms. The monoisotopic (exact) mass is 510 g/mol. The van der Waals surface area contributed by atoms with E-state index in [0.717, 1.165) is 30.5 Å². The molecule has 38 heavy (non-hydrogen) atoms. The molecule has 7 aliphatic rings. The van der Waals surface area contributed by atoms with Gasteiger partial charge in [-0.1, -0.05) is 42.5 Å². The van der Waals surface area contributed by atoms with Crippen molar-refractivity contribution in [2.45, 2.75) is 42.9 Å². The fourth-order valence-electron chi connectivity index (χ4n) is 9.76. The van der Waals surface area contributed by atoms with Crippen molar-refractivity contribution in [3.63, 3.8) is 0 Å². The van der Waals surface area contributed by atoms with E-state index < -0.39 is 5.60 Å². The van der Waals surface area contributed by atoms with E-state index in [2.05, 4.69) is 43.2 Å². The fourth-order valence-corrected chi connectivity index (χ4v) is 9.76. The normalized spacial score (nSPS) is 39.4. The average molecular weight is 511 g/mol. The van der Waals surface area contributed by atoms with Gasteiger partial charge < -0.3 is 24.4 Å². The number of aromatic hydroxyl groups is 1. The molecule has 2 aromatic rings. The lowest BCUT2D eigenvalue weighted by Crippen LogP contribution is -2.81. The maximum absolute atomic E-state index is 13.6. The molecule has 3 aliphatic heterocycles. The standard InChI is InChI=1S/C32H34N2O4/c1-19-6-4-5-7-20(19)9-11-26(36)34-17-22-23(18-34)32(37-3)13-12-30(22)25-16-21-8-10-24(35)28-27(21)31(30,29(32)38-28)14-15-33(25)2/h4-13,22-23,25,29,35H,14-18H2,1-3H3/b11-9+/t22-,23+,25-,29-,30-,31+,32-/m1/s1. The summed E-state index contributed by atoms with van der Waals surface area (Å²) >= 11 is 0. The zero-order valence-electron chi connectivity index (χ0n) is 22.2. The minimum absolute atomic E-state index is 0.0568. The molecule has 2 spiro atoms. The first-order valence-corrected chi connectivity index (χ1v) is 13.9. The highest BCUT2D eigenvalue weighted by molar-refractivity contribution is 5.92. The predicted octanol–water partition coefficient (Wildman–Crippen LogP) is 3.70. The fraction of sp³-hybridized carbons (Fsp3) is 0.469. The Kier molecular flexibility index (Phi) is 4.39. The van der Waals surface area contributed by atoms with Crippen LogP contribution in [0.4, 0.5) is 0 Å². The van der Waals surface area contributed by atoms with Crippen molar-refractivity contribution in [1.82, 2.24) is 9.80 Å². The quantitative estimate of drug-likeness (QED) is 0.504. The van der Waals surface area contributed by atoms with E-state index in [1.807, 2.05) is 29.2 Å². The summed E-state index contributed by atoms with van der Waals surface area (Å²) in [4.78, 5) is 18.2. The molecule has 0 radical (unpaired) electrons. The van der Waals surface area contributed by atoms with E-state index in [0.29, 0.717) is 24.9 Å². The van der Waals surface area contributed by atoms with Gasteiger partial charge in [-0.15, -0.1) is 0 Å². The van der Waals surface area contributed by atoms with Crippen LogP contribution in [0.3, 0.4) is 0 Å². The Morgan fingerprint density at radius 1 is 1.16 bits per heavy atom. The molecule has 2 aromatic carbocycles. The molecule has 9 rings (SSSR count). The van der Waals surface area contributed by atoms with E-state index in [1.54, 1.807) is 19.3 Å². The van der Waals surface area contributed by atoms with Crippen LogP contribution < -0.4 is 4.74 Å². The number of phenolic OH excluding ortho intramolecular Hbond substituents is 1. The van der Waals surface area contributed by atoms with Crippen molar-refractivity contribution >= 4 is 12.0 Å². The van der Waals surface area contributed by atoms with Gasteiger partial charge in [0.15, 0.2) is 11.5 Å². The van der Waals surface area contributed by atoms with Crippen LogP contribution in [0, 0.1) is 24.2 Å². The first-order chi connectivity index (χ1) is 18.4. The molecule has 0 unspecified atom stereocenters.